The highest BCUT2D eigenvalue weighted by molar-refractivity contribution is 6.13. The second kappa shape index (κ2) is 12.3. The second-order valence-corrected chi connectivity index (χ2v) is 10.7. The fourth-order valence-corrected chi connectivity index (χ4v) is 5.38. The van der Waals surface area contributed by atoms with Crippen LogP contribution in [0.5, 0.6) is 0 Å². The Balaban J connectivity index is 1.52. The van der Waals surface area contributed by atoms with Crippen molar-refractivity contribution in [1.29, 1.82) is 0 Å². The number of carboxylic acids is 1. The topological polar surface area (TPSA) is 117 Å². The first-order valence-corrected chi connectivity index (χ1v) is 13.9. The van der Waals surface area contributed by atoms with E-state index >= 15 is 0 Å². The standard InChI is InChI=1S/C31H29F4N5O4/c1-18-13-26(39-11-5-2-6-12-39)24(16-22(18)29(43)36-23-10-9-20(32)14-19(23)15-27(41)42)37-30(44)28-21-7-3-4-8-25(21)40(38-28)17-31(33,34)35/h3-4,7-10,13-14,16H,2,5-6,11-12,15,17H2,1H3,(H,36,43)(H,37,44)(H,41,42). The molecule has 2 heterocycles. The van der Waals surface area contributed by atoms with E-state index in [1.807, 2.05) is 0 Å². The summed E-state index contributed by atoms with van der Waals surface area (Å²) in [6, 6.07) is 12.7. The van der Waals surface area contributed by atoms with Crippen LogP contribution < -0.4 is 15.5 Å². The van der Waals surface area contributed by atoms with Crippen LogP contribution in [0, 0.1) is 12.7 Å². The molecule has 44 heavy (non-hydrogen) atoms. The zero-order valence-electron chi connectivity index (χ0n) is 23.7. The zero-order chi connectivity index (χ0) is 31.6. The van der Waals surface area contributed by atoms with E-state index in [1.54, 1.807) is 25.1 Å². The maximum Gasteiger partial charge on any atom is 0.408 e. The van der Waals surface area contributed by atoms with E-state index in [4.69, 9.17) is 0 Å². The molecule has 0 unspecified atom stereocenters. The summed E-state index contributed by atoms with van der Waals surface area (Å²) in [7, 11) is 0. The lowest BCUT2D eigenvalue weighted by Crippen LogP contribution is -2.31. The third-order valence-corrected chi connectivity index (χ3v) is 7.39. The number of fused-ring (bicyclic) bond motifs is 1. The Hall–Kier alpha value is -4.94. The predicted octanol–water partition coefficient (Wildman–Crippen LogP) is 6.17. The third-order valence-electron chi connectivity index (χ3n) is 7.39. The number of hydrogen-bond donors (Lipinski definition) is 3. The number of piperidine rings is 1. The Morgan fingerprint density at radius 1 is 0.932 bits per heavy atom. The molecule has 0 bridgehead atoms. The highest BCUT2D eigenvalue weighted by Gasteiger charge is 2.31. The summed E-state index contributed by atoms with van der Waals surface area (Å²) in [5.74, 6) is -3.24. The molecule has 3 aromatic carbocycles. The van der Waals surface area contributed by atoms with Crippen LogP contribution in [-0.2, 0) is 17.8 Å². The summed E-state index contributed by atoms with van der Waals surface area (Å²) >= 11 is 0. The lowest BCUT2D eigenvalue weighted by atomic mass is 10.0. The number of hydrogen-bond acceptors (Lipinski definition) is 5. The molecular weight excluding hydrogens is 582 g/mol. The van der Waals surface area contributed by atoms with Crippen LogP contribution in [0.15, 0.2) is 54.6 Å². The van der Waals surface area contributed by atoms with Crippen molar-refractivity contribution in [2.24, 2.45) is 0 Å². The maximum atomic E-state index is 13.8. The molecule has 0 spiro atoms. The predicted molar refractivity (Wildman–Crippen MR) is 157 cm³/mol. The summed E-state index contributed by atoms with van der Waals surface area (Å²) < 4.78 is 54.3. The molecule has 1 fully saturated rings. The van der Waals surface area contributed by atoms with E-state index in [2.05, 4.69) is 20.6 Å². The van der Waals surface area contributed by atoms with Crippen LogP contribution in [0.3, 0.4) is 0 Å². The zero-order valence-corrected chi connectivity index (χ0v) is 23.7. The fourth-order valence-electron chi connectivity index (χ4n) is 5.38. The van der Waals surface area contributed by atoms with Crippen molar-refractivity contribution in [3.05, 3.63) is 82.8 Å². The molecule has 1 saturated heterocycles. The average molecular weight is 612 g/mol. The lowest BCUT2D eigenvalue weighted by molar-refractivity contribution is -0.142. The van der Waals surface area contributed by atoms with Gasteiger partial charge in [-0.25, -0.2) is 4.39 Å². The highest BCUT2D eigenvalue weighted by atomic mass is 19.4. The summed E-state index contributed by atoms with van der Waals surface area (Å²) in [6.45, 7) is 1.74. The van der Waals surface area contributed by atoms with Gasteiger partial charge in [-0.15, -0.1) is 0 Å². The second-order valence-electron chi connectivity index (χ2n) is 10.7. The highest BCUT2D eigenvalue weighted by Crippen LogP contribution is 2.34. The molecule has 1 aromatic heterocycles. The summed E-state index contributed by atoms with van der Waals surface area (Å²) in [4.78, 5) is 40.4. The van der Waals surface area contributed by atoms with Crippen LogP contribution in [0.1, 0.15) is 51.2 Å². The number of benzene rings is 3. The van der Waals surface area contributed by atoms with Crippen molar-refractivity contribution < 1.29 is 37.1 Å². The molecule has 0 radical (unpaired) electrons. The molecule has 13 heteroatoms. The number of halogens is 4. The number of rotatable bonds is 8. The minimum atomic E-state index is -4.56. The van der Waals surface area contributed by atoms with Gasteiger partial charge in [0.1, 0.15) is 12.4 Å². The lowest BCUT2D eigenvalue weighted by Gasteiger charge is -2.31. The van der Waals surface area contributed by atoms with Gasteiger partial charge in [0.15, 0.2) is 5.69 Å². The Bertz CT molecular complexity index is 1750. The van der Waals surface area contributed by atoms with E-state index in [1.165, 1.54) is 24.3 Å². The van der Waals surface area contributed by atoms with Crippen molar-refractivity contribution in [3.63, 3.8) is 0 Å². The molecule has 2 amide bonds. The summed E-state index contributed by atoms with van der Waals surface area (Å²) in [5.41, 5.74) is 1.74. The van der Waals surface area contributed by atoms with Crippen LogP contribution in [0.2, 0.25) is 0 Å². The Morgan fingerprint density at radius 2 is 1.64 bits per heavy atom. The SMILES string of the molecule is Cc1cc(N2CCCCC2)c(NC(=O)c2nn(CC(F)(F)F)c3ccccc23)cc1C(=O)Nc1ccc(F)cc1CC(=O)O. The molecule has 230 valence electrons. The molecule has 1 aliphatic rings. The van der Waals surface area contributed by atoms with Gasteiger partial charge in [0.25, 0.3) is 11.8 Å². The van der Waals surface area contributed by atoms with Crippen LogP contribution in [-0.4, -0.2) is 51.9 Å². The smallest absolute Gasteiger partial charge is 0.408 e. The first kappa shape index (κ1) is 30.5. The fraction of sp³-hybridized carbons (Fsp3) is 0.290. The van der Waals surface area contributed by atoms with Gasteiger partial charge >= 0.3 is 12.1 Å². The number of aryl methyl sites for hydroxylation is 1. The number of amides is 2. The molecule has 0 aliphatic carbocycles. The minimum absolute atomic E-state index is 0.0725. The Labute approximate surface area is 249 Å². The molecule has 1 aliphatic heterocycles. The number of aromatic nitrogens is 2. The molecule has 4 aromatic rings. The first-order valence-electron chi connectivity index (χ1n) is 13.9. The van der Waals surface area contributed by atoms with E-state index in [0.717, 1.165) is 36.1 Å². The van der Waals surface area contributed by atoms with Gasteiger partial charge in [0.2, 0.25) is 0 Å². The molecule has 3 N–H and O–H groups in total. The van der Waals surface area contributed by atoms with Gasteiger partial charge in [-0.2, -0.15) is 18.3 Å². The molecule has 9 nitrogen and oxygen atoms in total. The van der Waals surface area contributed by atoms with Crippen molar-refractivity contribution in [3.8, 4) is 0 Å². The first-order chi connectivity index (χ1) is 20.9. The van der Waals surface area contributed by atoms with E-state index in [0.29, 0.717) is 24.3 Å². The molecular formula is C31H29F4N5O4. The van der Waals surface area contributed by atoms with E-state index in [9.17, 15) is 37.1 Å². The average Bonchev–Trinajstić information content (AvgIpc) is 3.32. The number of carbonyl (C=O) groups is 3. The Kier molecular flexibility index (Phi) is 8.56. The normalized spacial score (nSPS) is 13.6. The van der Waals surface area contributed by atoms with E-state index < -0.39 is 42.7 Å². The van der Waals surface area contributed by atoms with Crippen molar-refractivity contribution in [1.82, 2.24) is 9.78 Å². The molecule has 5 rings (SSSR count). The van der Waals surface area contributed by atoms with Crippen LogP contribution in [0.4, 0.5) is 34.6 Å². The van der Waals surface area contributed by atoms with Crippen molar-refractivity contribution >= 4 is 45.7 Å². The maximum absolute atomic E-state index is 13.8. The van der Waals surface area contributed by atoms with Gasteiger partial charge in [-0.05, 0) is 73.7 Å². The quantitative estimate of drug-likeness (QED) is 0.205. The number of para-hydroxylation sites is 1. The van der Waals surface area contributed by atoms with Gasteiger partial charge in [0, 0.05) is 29.7 Å². The minimum Gasteiger partial charge on any atom is -0.481 e. The number of alkyl halides is 3. The van der Waals surface area contributed by atoms with Crippen molar-refractivity contribution in [2.45, 2.75) is 45.3 Å². The third kappa shape index (κ3) is 6.82. The number of carboxylic acid groups (broad SMARTS) is 1. The summed E-state index contributed by atoms with van der Waals surface area (Å²) in [6.07, 6.45) is -2.21. The van der Waals surface area contributed by atoms with Gasteiger partial charge < -0.3 is 20.6 Å². The van der Waals surface area contributed by atoms with Gasteiger partial charge in [-0.3, -0.25) is 19.1 Å². The van der Waals surface area contributed by atoms with Gasteiger partial charge in [0.05, 0.1) is 23.3 Å². The van der Waals surface area contributed by atoms with Crippen LogP contribution in [0.25, 0.3) is 10.9 Å². The molecule has 0 atom stereocenters. The van der Waals surface area contributed by atoms with Crippen LogP contribution >= 0.6 is 0 Å². The number of anilines is 3. The van der Waals surface area contributed by atoms with Crippen molar-refractivity contribution in [2.75, 3.05) is 28.6 Å². The summed E-state index contributed by atoms with van der Waals surface area (Å²) in [5, 5.41) is 18.9. The number of carbonyl (C=O) groups excluding carboxylic acids is 2. The Morgan fingerprint density at radius 3 is 2.34 bits per heavy atom. The number of nitrogens with zero attached hydrogens (tertiary/aromatic N) is 3. The largest absolute Gasteiger partial charge is 0.481 e. The molecule has 0 saturated carbocycles. The number of nitrogens with one attached hydrogen (secondary N) is 2. The monoisotopic (exact) mass is 611 g/mol. The number of aliphatic carboxylic acids is 1. The van der Waals surface area contributed by atoms with Gasteiger partial charge in [-0.1, -0.05) is 18.2 Å². The van der Waals surface area contributed by atoms with E-state index in [-0.39, 0.29) is 39.1 Å².